The van der Waals surface area contributed by atoms with E-state index in [-0.39, 0.29) is 5.88 Å². The molecule has 0 saturated carbocycles. The molecule has 0 N–H and O–H groups in total. The predicted octanol–water partition coefficient (Wildman–Crippen LogP) is 4.80. The van der Waals surface area contributed by atoms with Gasteiger partial charge in [0, 0.05) is 11.6 Å². The van der Waals surface area contributed by atoms with E-state index in [1.807, 2.05) is 42.5 Å². The van der Waals surface area contributed by atoms with Crippen LogP contribution < -0.4 is 0 Å². The second-order valence-electron chi connectivity index (χ2n) is 5.15. The van der Waals surface area contributed by atoms with Crippen molar-refractivity contribution in [3.8, 4) is 34.0 Å². The highest BCUT2D eigenvalue weighted by Crippen LogP contribution is 2.28. The number of benzene rings is 2. The zero-order chi connectivity index (χ0) is 16.4. The number of nitrogens with zero attached hydrogens (tertiary/aromatic N) is 3. The third-order valence-electron chi connectivity index (χ3n) is 3.59. The lowest BCUT2D eigenvalue weighted by molar-refractivity contribution is 0.429. The highest BCUT2D eigenvalue weighted by atomic mass is 35.5. The first-order valence-electron chi connectivity index (χ1n) is 7.35. The molecule has 0 aliphatic carbocycles. The van der Waals surface area contributed by atoms with Crippen molar-refractivity contribution in [3.05, 3.63) is 66.6 Å². The van der Waals surface area contributed by atoms with Crippen molar-refractivity contribution in [3.63, 3.8) is 0 Å². The van der Waals surface area contributed by atoms with E-state index in [0.29, 0.717) is 23.2 Å². The number of rotatable bonds is 4. The quantitative estimate of drug-likeness (QED) is 0.500. The number of halogens is 1. The summed E-state index contributed by atoms with van der Waals surface area (Å²) in [6.45, 7) is 0. The van der Waals surface area contributed by atoms with Crippen molar-refractivity contribution in [1.29, 1.82) is 0 Å². The lowest BCUT2D eigenvalue weighted by Crippen LogP contribution is -1.78. The molecule has 0 atom stereocenters. The van der Waals surface area contributed by atoms with Gasteiger partial charge in [0.1, 0.15) is 5.88 Å². The molecule has 2 aromatic heterocycles. The van der Waals surface area contributed by atoms with Gasteiger partial charge in [0.2, 0.25) is 5.89 Å². The van der Waals surface area contributed by atoms with Crippen LogP contribution in [0.5, 0.6) is 0 Å². The summed E-state index contributed by atoms with van der Waals surface area (Å²) >= 11 is 5.65. The molecule has 24 heavy (non-hydrogen) atoms. The van der Waals surface area contributed by atoms with Gasteiger partial charge in [-0.2, -0.15) is 0 Å². The van der Waals surface area contributed by atoms with Gasteiger partial charge >= 0.3 is 0 Å². The van der Waals surface area contributed by atoms with Crippen molar-refractivity contribution in [2.45, 2.75) is 5.88 Å². The van der Waals surface area contributed by atoms with E-state index in [0.717, 1.165) is 11.1 Å². The standard InChI is InChI=1S/C18H12ClN3O2/c19-11-17-20-21-18(23-17)15-10-16(24-22-15)14-8-6-13(7-9-14)12-4-2-1-3-5-12/h1-10H,11H2. The largest absolute Gasteiger partial charge is 0.418 e. The molecule has 0 saturated heterocycles. The molecule has 5 nitrogen and oxygen atoms in total. The molecule has 118 valence electrons. The van der Waals surface area contributed by atoms with Gasteiger partial charge in [-0.1, -0.05) is 59.8 Å². The summed E-state index contributed by atoms with van der Waals surface area (Å²) in [7, 11) is 0. The van der Waals surface area contributed by atoms with Gasteiger partial charge in [-0.05, 0) is 11.1 Å². The summed E-state index contributed by atoms with van der Waals surface area (Å²) in [5.74, 6) is 1.44. The fourth-order valence-electron chi connectivity index (χ4n) is 2.38. The number of aromatic nitrogens is 3. The Morgan fingerprint density at radius 2 is 1.54 bits per heavy atom. The van der Waals surface area contributed by atoms with Gasteiger partial charge in [-0.25, -0.2) is 0 Å². The fourth-order valence-corrected chi connectivity index (χ4v) is 2.49. The molecule has 0 spiro atoms. The van der Waals surface area contributed by atoms with Gasteiger partial charge in [0.15, 0.2) is 11.5 Å². The average molecular weight is 338 g/mol. The molecular weight excluding hydrogens is 326 g/mol. The van der Waals surface area contributed by atoms with Crippen LogP contribution in [0, 0.1) is 0 Å². The number of hydrogen-bond acceptors (Lipinski definition) is 5. The van der Waals surface area contributed by atoms with E-state index >= 15 is 0 Å². The molecule has 4 aromatic rings. The van der Waals surface area contributed by atoms with Crippen LogP contribution in [0.15, 0.2) is 69.6 Å². The maximum absolute atomic E-state index is 5.65. The summed E-state index contributed by atoms with van der Waals surface area (Å²) in [4.78, 5) is 0. The number of hydrogen-bond donors (Lipinski definition) is 0. The molecule has 0 radical (unpaired) electrons. The molecule has 4 rings (SSSR count). The Hall–Kier alpha value is -2.92. The van der Waals surface area contributed by atoms with Crippen molar-refractivity contribution in [1.82, 2.24) is 15.4 Å². The summed E-state index contributed by atoms with van der Waals surface area (Å²) in [6.07, 6.45) is 0. The molecular formula is C18H12ClN3O2. The van der Waals surface area contributed by atoms with Crippen LogP contribution >= 0.6 is 11.6 Å². The molecule has 0 aliphatic heterocycles. The molecule has 0 fully saturated rings. The van der Waals surface area contributed by atoms with E-state index < -0.39 is 0 Å². The Morgan fingerprint density at radius 3 is 2.25 bits per heavy atom. The number of alkyl halides is 1. The van der Waals surface area contributed by atoms with Crippen LogP contribution in [-0.2, 0) is 5.88 Å². The predicted molar refractivity (Wildman–Crippen MR) is 90.2 cm³/mol. The van der Waals surface area contributed by atoms with Crippen molar-refractivity contribution < 1.29 is 8.94 Å². The summed E-state index contributed by atoms with van der Waals surface area (Å²) in [6, 6.07) is 20.0. The molecule has 0 bridgehead atoms. The van der Waals surface area contributed by atoms with E-state index in [4.69, 9.17) is 20.5 Å². The highest BCUT2D eigenvalue weighted by molar-refractivity contribution is 6.16. The Balaban J connectivity index is 1.60. The summed E-state index contributed by atoms with van der Waals surface area (Å²) in [5.41, 5.74) is 3.72. The van der Waals surface area contributed by atoms with Gasteiger partial charge < -0.3 is 8.94 Å². The van der Waals surface area contributed by atoms with Gasteiger partial charge in [0.25, 0.3) is 5.89 Å². The van der Waals surface area contributed by atoms with E-state index in [2.05, 4.69) is 27.5 Å². The Kier molecular flexibility index (Phi) is 3.84. The maximum atomic E-state index is 5.65. The minimum absolute atomic E-state index is 0.165. The third-order valence-corrected chi connectivity index (χ3v) is 3.82. The first kappa shape index (κ1) is 14.7. The molecule has 6 heteroatoms. The zero-order valence-electron chi connectivity index (χ0n) is 12.5. The topological polar surface area (TPSA) is 65.0 Å². The summed E-state index contributed by atoms with van der Waals surface area (Å²) < 4.78 is 10.8. The molecule has 0 amide bonds. The zero-order valence-corrected chi connectivity index (χ0v) is 13.3. The lowest BCUT2D eigenvalue weighted by atomic mass is 10.0. The molecule has 2 heterocycles. The Labute approximate surface area is 142 Å². The average Bonchev–Trinajstić information content (AvgIpc) is 3.32. The van der Waals surface area contributed by atoms with E-state index in [1.54, 1.807) is 6.07 Å². The van der Waals surface area contributed by atoms with Crippen LogP contribution in [0.2, 0.25) is 0 Å². The third kappa shape index (κ3) is 2.81. The highest BCUT2D eigenvalue weighted by Gasteiger charge is 2.14. The van der Waals surface area contributed by atoms with Crippen molar-refractivity contribution >= 4 is 11.6 Å². The SMILES string of the molecule is ClCc1nnc(-c2cc(-c3ccc(-c4ccccc4)cc3)on2)o1. The molecule has 0 unspecified atom stereocenters. The Morgan fingerprint density at radius 1 is 0.833 bits per heavy atom. The molecule has 2 aromatic carbocycles. The van der Waals surface area contributed by atoms with E-state index in [9.17, 15) is 0 Å². The molecule has 0 aliphatic rings. The van der Waals surface area contributed by atoms with Crippen molar-refractivity contribution in [2.24, 2.45) is 0 Å². The van der Waals surface area contributed by atoms with Crippen LogP contribution in [0.25, 0.3) is 34.0 Å². The fraction of sp³-hybridized carbons (Fsp3) is 0.0556. The minimum Gasteiger partial charge on any atom is -0.418 e. The Bertz CT molecular complexity index is 946. The van der Waals surface area contributed by atoms with Crippen molar-refractivity contribution in [2.75, 3.05) is 0 Å². The summed E-state index contributed by atoms with van der Waals surface area (Å²) in [5, 5.41) is 11.7. The van der Waals surface area contributed by atoms with Crippen LogP contribution in [0.3, 0.4) is 0 Å². The second kappa shape index (κ2) is 6.29. The first-order chi connectivity index (χ1) is 11.8. The lowest BCUT2D eigenvalue weighted by Gasteiger charge is -2.02. The van der Waals surface area contributed by atoms with Gasteiger partial charge in [0.05, 0.1) is 0 Å². The second-order valence-corrected chi connectivity index (χ2v) is 5.42. The van der Waals surface area contributed by atoms with E-state index in [1.165, 1.54) is 5.56 Å². The van der Waals surface area contributed by atoms with Crippen LogP contribution in [0.4, 0.5) is 0 Å². The maximum Gasteiger partial charge on any atom is 0.269 e. The van der Waals surface area contributed by atoms with Gasteiger partial charge in [-0.3, -0.25) is 0 Å². The van der Waals surface area contributed by atoms with Gasteiger partial charge in [-0.15, -0.1) is 21.8 Å². The smallest absolute Gasteiger partial charge is 0.269 e. The van der Waals surface area contributed by atoms with Crippen LogP contribution in [0.1, 0.15) is 5.89 Å². The normalized spacial score (nSPS) is 10.9. The minimum atomic E-state index is 0.165. The monoisotopic (exact) mass is 337 g/mol. The first-order valence-corrected chi connectivity index (χ1v) is 7.88. The van der Waals surface area contributed by atoms with Crippen LogP contribution in [-0.4, -0.2) is 15.4 Å².